The van der Waals surface area contributed by atoms with Crippen LogP contribution >= 0.6 is 0 Å². The molecular weight excluding hydrogens is 178 g/mol. The van der Waals surface area contributed by atoms with Gasteiger partial charge in [0.25, 0.3) is 0 Å². The summed E-state index contributed by atoms with van der Waals surface area (Å²) in [5, 5.41) is 5.99. The van der Waals surface area contributed by atoms with E-state index >= 15 is 0 Å². The van der Waals surface area contributed by atoms with Crippen molar-refractivity contribution >= 4 is 6.03 Å². The van der Waals surface area contributed by atoms with E-state index in [2.05, 4.69) is 24.5 Å². The molecule has 4 nitrogen and oxygen atoms in total. The third-order valence-electron chi connectivity index (χ3n) is 2.83. The molecule has 0 aromatic carbocycles. The van der Waals surface area contributed by atoms with Crippen LogP contribution in [0.25, 0.3) is 0 Å². The van der Waals surface area contributed by atoms with Crippen LogP contribution in [-0.4, -0.2) is 25.2 Å². The average molecular weight is 199 g/mol. The fourth-order valence-electron chi connectivity index (χ4n) is 2.07. The number of hydrogen-bond acceptors (Lipinski definition) is 2. The van der Waals surface area contributed by atoms with E-state index in [9.17, 15) is 4.79 Å². The predicted octanol–water partition coefficient (Wildman–Crippen LogP) is 0.823. The van der Waals surface area contributed by atoms with Crippen molar-refractivity contribution in [3.05, 3.63) is 0 Å². The fourth-order valence-corrected chi connectivity index (χ4v) is 2.07. The SMILES string of the molecule is CC1(C)CCC(NCCNC(N)=O)C1. The van der Waals surface area contributed by atoms with Crippen molar-refractivity contribution in [2.75, 3.05) is 13.1 Å². The van der Waals surface area contributed by atoms with Crippen LogP contribution in [-0.2, 0) is 0 Å². The molecule has 1 saturated carbocycles. The lowest BCUT2D eigenvalue weighted by Crippen LogP contribution is -2.38. The Labute approximate surface area is 85.6 Å². The van der Waals surface area contributed by atoms with E-state index in [0.717, 1.165) is 6.54 Å². The number of nitrogens with two attached hydrogens (primary N) is 1. The van der Waals surface area contributed by atoms with Crippen molar-refractivity contribution in [3.63, 3.8) is 0 Å². The Bertz CT molecular complexity index is 204. The summed E-state index contributed by atoms with van der Waals surface area (Å²) in [7, 11) is 0. The first-order chi connectivity index (χ1) is 6.49. The first-order valence-electron chi connectivity index (χ1n) is 5.26. The van der Waals surface area contributed by atoms with Gasteiger partial charge in [0.1, 0.15) is 0 Å². The molecule has 0 spiro atoms. The summed E-state index contributed by atoms with van der Waals surface area (Å²) >= 11 is 0. The molecule has 4 N–H and O–H groups in total. The molecule has 1 atom stereocenters. The van der Waals surface area contributed by atoms with Crippen LogP contribution in [0.4, 0.5) is 4.79 Å². The molecule has 4 heteroatoms. The van der Waals surface area contributed by atoms with Crippen molar-refractivity contribution in [2.45, 2.75) is 39.2 Å². The van der Waals surface area contributed by atoms with E-state index < -0.39 is 6.03 Å². The third-order valence-corrected chi connectivity index (χ3v) is 2.83. The first kappa shape index (κ1) is 11.3. The van der Waals surface area contributed by atoms with Gasteiger partial charge in [-0.25, -0.2) is 4.79 Å². The largest absolute Gasteiger partial charge is 0.352 e. The number of carbonyl (C=O) groups is 1. The average Bonchev–Trinajstić information content (AvgIpc) is 2.39. The zero-order chi connectivity index (χ0) is 10.6. The minimum Gasteiger partial charge on any atom is -0.352 e. The molecule has 0 aliphatic heterocycles. The van der Waals surface area contributed by atoms with Crippen molar-refractivity contribution in [2.24, 2.45) is 11.1 Å². The van der Waals surface area contributed by atoms with E-state index in [-0.39, 0.29) is 0 Å². The van der Waals surface area contributed by atoms with Gasteiger partial charge < -0.3 is 16.4 Å². The Kier molecular flexibility index (Phi) is 3.75. The highest BCUT2D eigenvalue weighted by Crippen LogP contribution is 2.36. The number of hydrogen-bond donors (Lipinski definition) is 3. The molecular formula is C10H21N3O. The second kappa shape index (κ2) is 4.64. The highest BCUT2D eigenvalue weighted by molar-refractivity contribution is 5.71. The van der Waals surface area contributed by atoms with Crippen molar-refractivity contribution in [1.82, 2.24) is 10.6 Å². The van der Waals surface area contributed by atoms with E-state index in [4.69, 9.17) is 5.73 Å². The number of urea groups is 1. The standard InChI is InChI=1S/C10H21N3O/c1-10(2)4-3-8(7-10)12-5-6-13-9(11)14/h8,12H,3-7H2,1-2H3,(H3,11,13,14). The van der Waals surface area contributed by atoms with Crippen LogP contribution in [0.15, 0.2) is 0 Å². The van der Waals surface area contributed by atoms with Gasteiger partial charge in [0.05, 0.1) is 0 Å². The summed E-state index contributed by atoms with van der Waals surface area (Å²) in [6, 6.07) is 0.165. The van der Waals surface area contributed by atoms with Crippen LogP contribution in [0, 0.1) is 5.41 Å². The molecule has 0 bridgehead atoms. The van der Waals surface area contributed by atoms with Crippen molar-refractivity contribution in [1.29, 1.82) is 0 Å². The molecule has 1 aliphatic rings. The quantitative estimate of drug-likeness (QED) is 0.587. The number of amides is 2. The van der Waals surface area contributed by atoms with E-state index in [0.29, 0.717) is 18.0 Å². The van der Waals surface area contributed by atoms with Gasteiger partial charge in [-0.1, -0.05) is 13.8 Å². The van der Waals surface area contributed by atoms with Gasteiger partial charge in [0.2, 0.25) is 0 Å². The van der Waals surface area contributed by atoms with Gasteiger partial charge >= 0.3 is 6.03 Å². The molecule has 0 radical (unpaired) electrons. The molecule has 0 saturated heterocycles. The van der Waals surface area contributed by atoms with Gasteiger partial charge in [-0.05, 0) is 24.7 Å². The maximum absolute atomic E-state index is 10.4. The van der Waals surface area contributed by atoms with Gasteiger partial charge in [0, 0.05) is 19.1 Å². The summed E-state index contributed by atoms with van der Waals surface area (Å²) in [5.74, 6) is 0. The molecule has 0 aromatic heterocycles. The lowest BCUT2D eigenvalue weighted by atomic mass is 9.92. The van der Waals surface area contributed by atoms with Crippen LogP contribution in [0.3, 0.4) is 0 Å². The second-order valence-electron chi connectivity index (χ2n) is 4.85. The zero-order valence-corrected chi connectivity index (χ0v) is 9.10. The number of primary amides is 1. The van der Waals surface area contributed by atoms with Crippen LogP contribution in [0.2, 0.25) is 0 Å². The highest BCUT2D eigenvalue weighted by Gasteiger charge is 2.30. The Morgan fingerprint density at radius 2 is 2.21 bits per heavy atom. The Balaban J connectivity index is 2.06. The molecule has 82 valence electrons. The smallest absolute Gasteiger partial charge is 0.312 e. The van der Waals surface area contributed by atoms with E-state index in [1.165, 1.54) is 19.3 Å². The molecule has 14 heavy (non-hydrogen) atoms. The maximum Gasteiger partial charge on any atom is 0.312 e. The maximum atomic E-state index is 10.4. The normalized spacial score (nSPS) is 24.9. The van der Waals surface area contributed by atoms with Crippen LogP contribution < -0.4 is 16.4 Å². The molecule has 1 fully saturated rings. The van der Waals surface area contributed by atoms with E-state index in [1.807, 2.05) is 0 Å². The molecule has 2 amide bonds. The summed E-state index contributed by atoms with van der Waals surface area (Å²) < 4.78 is 0. The first-order valence-corrected chi connectivity index (χ1v) is 5.26. The monoisotopic (exact) mass is 199 g/mol. The topological polar surface area (TPSA) is 67.2 Å². The van der Waals surface area contributed by atoms with Crippen molar-refractivity contribution in [3.8, 4) is 0 Å². The van der Waals surface area contributed by atoms with Gasteiger partial charge in [-0.2, -0.15) is 0 Å². The zero-order valence-electron chi connectivity index (χ0n) is 9.10. The van der Waals surface area contributed by atoms with Gasteiger partial charge in [-0.15, -0.1) is 0 Å². The fraction of sp³-hybridized carbons (Fsp3) is 0.900. The van der Waals surface area contributed by atoms with Crippen LogP contribution in [0.1, 0.15) is 33.1 Å². The van der Waals surface area contributed by atoms with Crippen molar-refractivity contribution < 1.29 is 4.79 Å². The third kappa shape index (κ3) is 3.96. The Hall–Kier alpha value is -0.770. The van der Waals surface area contributed by atoms with Gasteiger partial charge in [-0.3, -0.25) is 0 Å². The minimum atomic E-state index is -0.446. The second-order valence-corrected chi connectivity index (χ2v) is 4.85. The predicted molar refractivity (Wildman–Crippen MR) is 57.0 cm³/mol. The highest BCUT2D eigenvalue weighted by atomic mass is 16.2. The minimum absolute atomic E-state index is 0.446. The summed E-state index contributed by atoms with van der Waals surface area (Å²) in [6.45, 7) is 6.03. The summed E-state index contributed by atoms with van der Waals surface area (Å²) in [5.41, 5.74) is 5.43. The lowest BCUT2D eigenvalue weighted by Gasteiger charge is -2.17. The number of carbonyl (C=O) groups excluding carboxylic acids is 1. The molecule has 0 heterocycles. The Morgan fingerprint density at radius 1 is 1.50 bits per heavy atom. The molecule has 1 unspecified atom stereocenters. The Morgan fingerprint density at radius 3 is 2.71 bits per heavy atom. The summed E-state index contributed by atoms with van der Waals surface area (Å²) in [6.07, 6.45) is 3.75. The number of rotatable bonds is 4. The van der Waals surface area contributed by atoms with E-state index in [1.54, 1.807) is 0 Å². The molecule has 1 rings (SSSR count). The van der Waals surface area contributed by atoms with Gasteiger partial charge in [0.15, 0.2) is 0 Å². The number of nitrogens with one attached hydrogen (secondary N) is 2. The van der Waals surface area contributed by atoms with Crippen LogP contribution in [0.5, 0.6) is 0 Å². The summed E-state index contributed by atoms with van der Waals surface area (Å²) in [4.78, 5) is 10.4. The molecule has 1 aliphatic carbocycles. The molecule has 0 aromatic rings. The lowest BCUT2D eigenvalue weighted by molar-refractivity contribution is 0.248.